The van der Waals surface area contributed by atoms with Gasteiger partial charge < -0.3 is 15.2 Å². The van der Waals surface area contributed by atoms with Crippen molar-refractivity contribution in [1.29, 1.82) is 0 Å². The van der Waals surface area contributed by atoms with Gasteiger partial charge in [0.2, 0.25) is 5.95 Å². The molecule has 3 aromatic carbocycles. The highest BCUT2D eigenvalue weighted by Gasteiger charge is 2.51. The number of aromatic nitrogens is 2. The third-order valence-electron chi connectivity index (χ3n) is 5.95. The van der Waals surface area contributed by atoms with E-state index in [1.165, 1.54) is 11.9 Å². The van der Waals surface area contributed by atoms with Crippen molar-refractivity contribution in [2.75, 3.05) is 16.8 Å². The number of nitrogens with zero attached hydrogens (tertiary/aromatic N) is 3. The normalized spacial score (nSPS) is 17.5. The first-order valence-corrected chi connectivity index (χ1v) is 10.9. The van der Waals surface area contributed by atoms with E-state index < -0.39 is 11.8 Å². The van der Waals surface area contributed by atoms with Crippen LogP contribution in [0.15, 0.2) is 65.1 Å². The average Bonchev–Trinajstić information content (AvgIpc) is 3.32. The Hall–Kier alpha value is -3.69. The molecule has 0 spiro atoms. The fourth-order valence-corrected chi connectivity index (χ4v) is 4.56. The largest absolute Gasteiger partial charge is 0.465 e. The van der Waals surface area contributed by atoms with Crippen LogP contribution in [0.2, 0.25) is 0 Å². The van der Waals surface area contributed by atoms with Crippen LogP contribution >= 0.6 is 15.9 Å². The molecule has 1 aliphatic rings. The van der Waals surface area contributed by atoms with Gasteiger partial charge in [0.05, 0.1) is 16.7 Å². The van der Waals surface area contributed by atoms with Gasteiger partial charge in [0, 0.05) is 28.2 Å². The smallest absolute Gasteiger partial charge is 0.413 e. The Kier molecular flexibility index (Phi) is 4.77. The monoisotopic (exact) mass is 506 g/mol. The van der Waals surface area contributed by atoms with Gasteiger partial charge in [0.25, 0.3) is 5.91 Å². The third kappa shape index (κ3) is 3.12. The molecule has 0 radical (unpaired) electrons. The molecule has 3 N–H and O–H groups in total. The zero-order valence-electron chi connectivity index (χ0n) is 17.7. The predicted molar refractivity (Wildman–Crippen MR) is 128 cm³/mol. The summed E-state index contributed by atoms with van der Waals surface area (Å²) in [6, 6.07) is 17.6. The summed E-state index contributed by atoms with van der Waals surface area (Å²) in [6.45, 7) is 1.88. The van der Waals surface area contributed by atoms with E-state index in [1.54, 1.807) is 48.5 Å². The third-order valence-corrected chi connectivity index (χ3v) is 6.44. The number of nitrogens with one attached hydrogen (secondary N) is 1. The zero-order chi connectivity index (χ0) is 23.5. The van der Waals surface area contributed by atoms with Gasteiger partial charge in [-0.05, 0) is 42.8 Å². The highest BCUT2D eigenvalue weighted by atomic mass is 79.9. The van der Waals surface area contributed by atoms with E-state index in [4.69, 9.17) is 0 Å². The van der Waals surface area contributed by atoms with Crippen LogP contribution < -0.4 is 9.80 Å². The predicted octanol–water partition coefficient (Wildman–Crippen LogP) is 4.60. The molecule has 0 bridgehead atoms. The molecule has 5 rings (SSSR count). The molecule has 8 nitrogen and oxygen atoms in total. The van der Waals surface area contributed by atoms with Gasteiger partial charge in [-0.1, -0.05) is 46.3 Å². The number of carboxylic acid groups (broad SMARTS) is 1. The van der Waals surface area contributed by atoms with Crippen molar-refractivity contribution in [2.45, 2.75) is 12.6 Å². The fraction of sp³-hybridized carbons (Fsp3) is 0.125. The van der Waals surface area contributed by atoms with Crippen LogP contribution in [-0.2, 0) is 5.72 Å². The Morgan fingerprint density at radius 2 is 1.91 bits per heavy atom. The molecule has 4 aromatic rings. The van der Waals surface area contributed by atoms with Gasteiger partial charge in [-0.2, -0.15) is 0 Å². The maximum absolute atomic E-state index is 13.5. The number of rotatable bonds is 3. The van der Waals surface area contributed by atoms with Gasteiger partial charge >= 0.3 is 6.09 Å². The second-order valence-electron chi connectivity index (χ2n) is 7.92. The van der Waals surface area contributed by atoms with Crippen molar-refractivity contribution >= 4 is 50.6 Å². The van der Waals surface area contributed by atoms with Crippen LogP contribution in [0.1, 0.15) is 27.0 Å². The average molecular weight is 507 g/mol. The van der Waals surface area contributed by atoms with Gasteiger partial charge in [-0.15, -0.1) is 0 Å². The summed E-state index contributed by atoms with van der Waals surface area (Å²) < 4.78 is 0.776. The van der Waals surface area contributed by atoms with Gasteiger partial charge in [-0.3, -0.25) is 14.6 Å². The number of amides is 2. The first-order chi connectivity index (χ1) is 15.7. The van der Waals surface area contributed by atoms with Crippen LogP contribution in [0.4, 0.5) is 16.4 Å². The molecule has 33 heavy (non-hydrogen) atoms. The van der Waals surface area contributed by atoms with Crippen molar-refractivity contribution in [1.82, 2.24) is 9.97 Å². The molecule has 1 unspecified atom stereocenters. The summed E-state index contributed by atoms with van der Waals surface area (Å²) >= 11 is 3.47. The quantitative estimate of drug-likeness (QED) is 0.376. The molecule has 1 aliphatic heterocycles. The molecule has 0 saturated carbocycles. The summed E-state index contributed by atoms with van der Waals surface area (Å²) in [5, 5.41) is 21.5. The number of benzene rings is 3. The van der Waals surface area contributed by atoms with E-state index in [0.717, 1.165) is 14.9 Å². The zero-order valence-corrected chi connectivity index (χ0v) is 19.3. The van der Waals surface area contributed by atoms with E-state index in [-0.39, 0.29) is 11.9 Å². The minimum absolute atomic E-state index is 0.157. The standard InChI is InChI=1S/C24H19BrN4O4/c1-13-7-9-15(25)12-20(13)29-21(30)16-5-3-4-6-17(16)24(29,33)14-8-10-18-19(11-14)27-22(26-18)28(2)23(31)32/h3-12,33H,1-2H3,(H,26,27)(H,31,32). The fourth-order valence-electron chi connectivity index (χ4n) is 4.21. The summed E-state index contributed by atoms with van der Waals surface area (Å²) in [4.78, 5) is 34.6. The number of imidazole rings is 1. The summed E-state index contributed by atoms with van der Waals surface area (Å²) in [7, 11) is 1.39. The van der Waals surface area contributed by atoms with Crippen molar-refractivity contribution in [2.24, 2.45) is 0 Å². The van der Waals surface area contributed by atoms with Gasteiger partial charge in [-0.25, -0.2) is 9.78 Å². The topological polar surface area (TPSA) is 110 Å². The van der Waals surface area contributed by atoms with Crippen LogP contribution in [0.3, 0.4) is 0 Å². The molecule has 2 heterocycles. The number of halogens is 1. The SMILES string of the molecule is Cc1ccc(Br)cc1N1C(=O)c2ccccc2C1(O)c1ccc2[nH]c(N(C)C(=O)O)nc2c1. The number of aliphatic hydroxyl groups is 1. The lowest BCUT2D eigenvalue weighted by Gasteiger charge is -2.35. The van der Waals surface area contributed by atoms with E-state index in [9.17, 15) is 19.8 Å². The van der Waals surface area contributed by atoms with Gasteiger partial charge in [0.1, 0.15) is 0 Å². The molecular formula is C24H19BrN4O4. The summed E-state index contributed by atoms with van der Waals surface area (Å²) in [5.74, 6) is -0.160. The molecule has 1 atom stereocenters. The second kappa shape index (κ2) is 7.43. The lowest BCUT2D eigenvalue weighted by Crippen LogP contribution is -2.45. The number of carbonyl (C=O) groups excluding carboxylic acids is 1. The highest BCUT2D eigenvalue weighted by molar-refractivity contribution is 9.10. The second-order valence-corrected chi connectivity index (χ2v) is 8.84. The van der Waals surface area contributed by atoms with Crippen molar-refractivity contribution < 1.29 is 19.8 Å². The van der Waals surface area contributed by atoms with Gasteiger partial charge in [0.15, 0.2) is 5.72 Å². The lowest BCUT2D eigenvalue weighted by atomic mass is 9.93. The number of H-pyrrole nitrogens is 1. The molecular weight excluding hydrogens is 488 g/mol. The Morgan fingerprint density at radius 3 is 2.67 bits per heavy atom. The first kappa shape index (κ1) is 21.2. The Labute approximate surface area is 197 Å². The number of hydrogen-bond donors (Lipinski definition) is 3. The molecule has 0 fully saturated rings. The Bertz CT molecular complexity index is 1450. The maximum Gasteiger partial charge on any atom is 0.413 e. The molecule has 0 saturated heterocycles. The maximum atomic E-state index is 13.5. The lowest BCUT2D eigenvalue weighted by molar-refractivity contribution is 0.0703. The van der Waals surface area contributed by atoms with E-state index in [1.807, 2.05) is 19.1 Å². The molecule has 1 aromatic heterocycles. The molecule has 0 aliphatic carbocycles. The van der Waals surface area contributed by atoms with Crippen LogP contribution in [0, 0.1) is 6.92 Å². The molecule has 2 amide bonds. The minimum atomic E-state index is -1.79. The van der Waals surface area contributed by atoms with E-state index >= 15 is 0 Å². The summed E-state index contributed by atoms with van der Waals surface area (Å²) in [5.41, 5.74) is 1.99. The highest BCUT2D eigenvalue weighted by Crippen LogP contribution is 2.46. The number of aromatic amines is 1. The van der Waals surface area contributed by atoms with E-state index in [0.29, 0.717) is 33.4 Å². The van der Waals surface area contributed by atoms with Crippen LogP contribution in [-0.4, -0.2) is 39.2 Å². The number of anilines is 2. The van der Waals surface area contributed by atoms with Crippen molar-refractivity contribution in [3.8, 4) is 0 Å². The van der Waals surface area contributed by atoms with Crippen LogP contribution in [0.25, 0.3) is 11.0 Å². The van der Waals surface area contributed by atoms with Crippen molar-refractivity contribution in [3.63, 3.8) is 0 Å². The number of hydrogen-bond acceptors (Lipinski definition) is 4. The number of carbonyl (C=O) groups is 2. The summed E-state index contributed by atoms with van der Waals surface area (Å²) in [6.07, 6.45) is -1.15. The van der Waals surface area contributed by atoms with Crippen LogP contribution in [0.5, 0.6) is 0 Å². The first-order valence-electron chi connectivity index (χ1n) is 10.1. The van der Waals surface area contributed by atoms with E-state index in [2.05, 4.69) is 25.9 Å². The van der Waals surface area contributed by atoms with Crippen molar-refractivity contribution in [3.05, 3.63) is 87.4 Å². The number of fused-ring (bicyclic) bond motifs is 2. The molecule has 166 valence electrons. The molecule has 9 heteroatoms. The Morgan fingerprint density at radius 1 is 1.15 bits per heavy atom. The number of aryl methyl sites for hydroxylation is 1. The minimum Gasteiger partial charge on any atom is -0.465 e. The Balaban J connectivity index is 1.74.